The number of halogens is 1. The van der Waals surface area contributed by atoms with Gasteiger partial charge >= 0.3 is 0 Å². The molecule has 10 heteroatoms. The maximum Gasteiger partial charge on any atom is 0.230 e. The van der Waals surface area contributed by atoms with Gasteiger partial charge in [-0.3, -0.25) is 9.69 Å². The van der Waals surface area contributed by atoms with E-state index in [2.05, 4.69) is 37.9 Å². The molecular weight excluding hydrogens is 449 g/mol. The standard InChI is InChI=1S/C22H24FN5O2S2/c23-18-8-4-5-9-19(18)25-21-26-27-22(32-21)31-15-20(29)24-12-17-14-28(10-11-30-17)13-16-6-2-1-3-7-16/h1-9,17H,10-15H2,(H,24,29)(H,25,26)/t17-/m0/s1. The number of para-hydroxylation sites is 1. The van der Waals surface area contributed by atoms with Gasteiger partial charge in [-0.15, -0.1) is 10.2 Å². The monoisotopic (exact) mass is 473 g/mol. The number of nitrogens with one attached hydrogen (secondary N) is 2. The lowest BCUT2D eigenvalue weighted by Crippen LogP contribution is -2.47. The van der Waals surface area contributed by atoms with Crippen LogP contribution in [0.1, 0.15) is 5.56 Å². The zero-order chi connectivity index (χ0) is 22.2. The fourth-order valence-corrected chi connectivity index (χ4v) is 4.89. The van der Waals surface area contributed by atoms with Crippen molar-refractivity contribution >= 4 is 39.8 Å². The molecule has 1 saturated heterocycles. The number of morpholine rings is 1. The van der Waals surface area contributed by atoms with Gasteiger partial charge in [0.1, 0.15) is 5.82 Å². The average Bonchev–Trinajstić information content (AvgIpc) is 3.26. The molecule has 1 aliphatic rings. The number of amides is 1. The van der Waals surface area contributed by atoms with Crippen LogP contribution in [-0.4, -0.2) is 59.1 Å². The second-order valence-electron chi connectivity index (χ2n) is 7.28. The van der Waals surface area contributed by atoms with E-state index in [9.17, 15) is 9.18 Å². The van der Waals surface area contributed by atoms with E-state index in [0.717, 1.165) is 19.6 Å². The first-order chi connectivity index (χ1) is 15.7. The van der Waals surface area contributed by atoms with Crippen molar-refractivity contribution in [3.8, 4) is 0 Å². The number of anilines is 2. The number of benzene rings is 2. The molecule has 32 heavy (non-hydrogen) atoms. The second kappa shape index (κ2) is 11.4. The number of carbonyl (C=O) groups is 1. The lowest BCUT2D eigenvalue weighted by molar-refractivity contribution is -0.119. The molecule has 168 valence electrons. The highest BCUT2D eigenvalue weighted by Crippen LogP contribution is 2.28. The van der Waals surface area contributed by atoms with Crippen LogP contribution in [0.15, 0.2) is 58.9 Å². The zero-order valence-corrected chi connectivity index (χ0v) is 19.0. The molecule has 0 aliphatic carbocycles. The highest BCUT2D eigenvalue weighted by Gasteiger charge is 2.21. The van der Waals surface area contributed by atoms with Gasteiger partial charge in [-0.1, -0.05) is 65.6 Å². The Balaban J connectivity index is 1.18. The first-order valence-electron chi connectivity index (χ1n) is 10.3. The largest absolute Gasteiger partial charge is 0.374 e. The SMILES string of the molecule is O=C(CSc1nnc(Nc2ccccc2F)s1)NC[C@H]1CN(Cc2ccccc2)CCO1. The lowest BCUT2D eigenvalue weighted by atomic mass is 10.2. The van der Waals surface area contributed by atoms with Gasteiger partial charge in [-0.2, -0.15) is 0 Å². The molecule has 1 fully saturated rings. The van der Waals surface area contributed by atoms with Gasteiger partial charge in [0.05, 0.1) is 24.2 Å². The van der Waals surface area contributed by atoms with Crippen LogP contribution in [0.25, 0.3) is 0 Å². The van der Waals surface area contributed by atoms with E-state index in [4.69, 9.17) is 4.74 Å². The molecule has 0 spiro atoms. The molecule has 0 unspecified atom stereocenters. The van der Waals surface area contributed by atoms with Crippen molar-refractivity contribution in [3.63, 3.8) is 0 Å². The summed E-state index contributed by atoms with van der Waals surface area (Å²) in [5.41, 5.74) is 1.61. The smallest absolute Gasteiger partial charge is 0.230 e. The molecule has 7 nitrogen and oxygen atoms in total. The Hall–Kier alpha value is -2.53. The molecule has 1 amide bonds. The average molecular weight is 474 g/mol. The third kappa shape index (κ3) is 6.73. The Morgan fingerprint density at radius 3 is 2.84 bits per heavy atom. The Morgan fingerprint density at radius 2 is 2.00 bits per heavy atom. The number of aromatic nitrogens is 2. The third-order valence-corrected chi connectivity index (χ3v) is 6.82. The van der Waals surface area contributed by atoms with Crippen molar-refractivity contribution in [2.45, 2.75) is 17.0 Å². The van der Waals surface area contributed by atoms with E-state index in [1.807, 2.05) is 18.2 Å². The van der Waals surface area contributed by atoms with Crippen molar-refractivity contribution in [1.82, 2.24) is 20.4 Å². The minimum atomic E-state index is -0.358. The highest BCUT2D eigenvalue weighted by atomic mass is 32.2. The van der Waals surface area contributed by atoms with Crippen LogP contribution < -0.4 is 10.6 Å². The van der Waals surface area contributed by atoms with E-state index < -0.39 is 0 Å². The Kier molecular flexibility index (Phi) is 8.05. The third-order valence-electron chi connectivity index (χ3n) is 4.85. The molecule has 1 aromatic heterocycles. The van der Waals surface area contributed by atoms with E-state index in [1.54, 1.807) is 18.2 Å². The summed E-state index contributed by atoms with van der Waals surface area (Å²) in [6, 6.07) is 16.7. The quantitative estimate of drug-likeness (QED) is 0.460. The van der Waals surface area contributed by atoms with Crippen molar-refractivity contribution < 1.29 is 13.9 Å². The first kappa shape index (κ1) is 22.7. The molecule has 2 N–H and O–H groups in total. The summed E-state index contributed by atoms with van der Waals surface area (Å²) in [4.78, 5) is 14.6. The molecule has 3 aromatic rings. The minimum absolute atomic E-state index is 0.0282. The minimum Gasteiger partial charge on any atom is -0.374 e. The van der Waals surface area contributed by atoms with Crippen LogP contribution >= 0.6 is 23.1 Å². The van der Waals surface area contributed by atoms with E-state index >= 15 is 0 Å². The fourth-order valence-electron chi connectivity index (χ4n) is 3.29. The van der Waals surface area contributed by atoms with Gasteiger partial charge in [-0.25, -0.2) is 4.39 Å². The summed E-state index contributed by atoms with van der Waals surface area (Å²) in [5, 5.41) is 14.4. The Labute approximate surface area is 194 Å². The number of nitrogens with zero attached hydrogens (tertiary/aromatic N) is 3. The van der Waals surface area contributed by atoms with Crippen molar-refractivity contribution in [2.24, 2.45) is 0 Å². The van der Waals surface area contributed by atoms with Crippen LogP contribution in [-0.2, 0) is 16.1 Å². The van der Waals surface area contributed by atoms with Gasteiger partial charge in [0.2, 0.25) is 11.0 Å². The molecule has 2 heterocycles. The highest BCUT2D eigenvalue weighted by molar-refractivity contribution is 8.01. The number of hydrogen-bond acceptors (Lipinski definition) is 8. The van der Waals surface area contributed by atoms with Gasteiger partial charge in [0.15, 0.2) is 4.34 Å². The van der Waals surface area contributed by atoms with Crippen molar-refractivity contribution in [1.29, 1.82) is 0 Å². The number of hydrogen-bond donors (Lipinski definition) is 2. The van der Waals surface area contributed by atoms with Gasteiger partial charge in [0, 0.05) is 26.2 Å². The lowest BCUT2D eigenvalue weighted by Gasteiger charge is -2.33. The molecule has 4 rings (SSSR count). The fraction of sp³-hybridized carbons (Fsp3) is 0.318. The predicted octanol–water partition coefficient (Wildman–Crippen LogP) is 3.53. The van der Waals surface area contributed by atoms with Crippen LogP contribution in [0.3, 0.4) is 0 Å². The summed E-state index contributed by atoms with van der Waals surface area (Å²) < 4.78 is 20.2. The molecule has 0 bridgehead atoms. The summed E-state index contributed by atoms with van der Waals surface area (Å²) in [7, 11) is 0. The molecule has 0 saturated carbocycles. The maximum absolute atomic E-state index is 13.7. The van der Waals surface area contributed by atoms with Crippen LogP contribution in [0, 0.1) is 5.82 Å². The van der Waals surface area contributed by atoms with E-state index in [-0.39, 0.29) is 23.6 Å². The summed E-state index contributed by atoms with van der Waals surface area (Å²) in [5.74, 6) is -0.212. The zero-order valence-electron chi connectivity index (χ0n) is 17.4. The van der Waals surface area contributed by atoms with Crippen LogP contribution in [0.2, 0.25) is 0 Å². The van der Waals surface area contributed by atoms with Gasteiger partial charge in [-0.05, 0) is 17.7 Å². The maximum atomic E-state index is 13.7. The molecular formula is C22H24FN5O2S2. The number of ether oxygens (including phenoxy) is 1. The molecule has 1 atom stereocenters. The van der Waals surface area contributed by atoms with Crippen LogP contribution in [0.4, 0.5) is 15.2 Å². The Bertz CT molecular complexity index is 1020. The molecule has 0 radical (unpaired) electrons. The number of carbonyl (C=O) groups excluding carboxylic acids is 1. The first-order valence-corrected chi connectivity index (χ1v) is 12.1. The van der Waals surface area contributed by atoms with Gasteiger partial charge in [0.25, 0.3) is 0 Å². The second-order valence-corrected chi connectivity index (χ2v) is 9.48. The van der Waals surface area contributed by atoms with Crippen molar-refractivity contribution in [3.05, 3.63) is 66.0 Å². The summed E-state index contributed by atoms with van der Waals surface area (Å²) in [6.07, 6.45) is -0.0282. The Morgan fingerprint density at radius 1 is 1.19 bits per heavy atom. The van der Waals surface area contributed by atoms with Crippen LogP contribution in [0.5, 0.6) is 0 Å². The topological polar surface area (TPSA) is 79.4 Å². The number of thioether (sulfide) groups is 1. The normalized spacial score (nSPS) is 16.6. The van der Waals surface area contributed by atoms with E-state index in [0.29, 0.717) is 28.3 Å². The predicted molar refractivity (Wildman–Crippen MR) is 125 cm³/mol. The summed E-state index contributed by atoms with van der Waals surface area (Å²) >= 11 is 2.58. The molecule has 1 aliphatic heterocycles. The molecule has 2 aromatic carbocycles. The summed E-state index contributed by atoms with van der Waals surface area (Å²) in [6.45, 7) is 3.68. The van der Waals surface area contributed by atoms with E-state index in [1.165, 1.54) is 34.7 Å². The van der Waals surface area contributed by atoms with Gasteiger partial charge < -0.3 is 15.4 Å². The number of rotatable bonds is 9. The van der Waals surface area contributed by atoms with Crippen molar-refractivity contribution in [2.75, 3.05) is 37.3 Å².